The summed E-state index contributed by atoms with van der Waals surface area (Å²) in [5, 5.41) is 6.07. The average molecular weight is 353 g/mol. The maximum atomic E-state index is 12.0. The van der Waals surface area contributed by atoms with Crippen molar-refractivity contribution in [3.05, 3.63) is 42.2 Å². The van der Waals surface area contributed by atoms with Gasteiger partial charge in [0.05, 0.1) is 5.56 Å². The molecule has 0 unspecified atom stereocenters. The number of nitrogens with zero attached hydrogens (tertiary/aromatic N) is 3. The Morgan fingerprint density at radius 3 is 2.42 bits per heavy atom. The SMILES string of the molecule is CCCCCNC(=O)c1cnc(Nc2ccc(N3CCCC3)cc2)nc1. The van der Waals surface area contributed by atoms with Crippen LogP contribution in [0.1, 0.15) is 49.4 Å². The van der Waals surface area contributed by atoms with Crippen LogP contribution in [-0.4, -0.2) is 35.5 Å². The van der Waals surface area contributed by atoms with Gasteiger partial charge in [0.25, 0.3) is 5.91 Å². The van der Waals surface area contributed by atoms with Gasteiger partial charge in [-0.1, -0.05) is 19.8 Å². The van der Waals surface area contributed by atoms with Gasteiger partial charge in [0.1, 0.15) is 0 Å². The van der Waals surface area contributed by atoms with Crippen molar-refractivity contribution in [2.24, 2.45) is 0 Å². The largest absolute Gasteiger partial charge is 0.372 e. The van der Waals surface area contributed by atoms with Crippen LogP contribution < -0.4 is 15.5 Å². The summed E-state index contributed by atoms with van der Waals surface area (Å²) in [5.41, 5.74) is 2.67. The molecule has 1 fully saturated rings. The highest BCUT2D eigenvalue weighted by Crippen LogP contribution is 2.23. The van der Waals surface area contributed by atoms with E-state index < -0.39 is 0 Å². The summed E-state index contributed by atoms with van der Waals surface area (Å²) < 4.78 is 0. The maximum absolute atomic E-state index is 12.0. The van der Waals surface area contributed by atoms with Crippen molar-refractivity contribution in [3.63, 3.8) is 0 Å². The number of carbonyl (C=O) groups excluding carboxylic acids is 1. The Hall–Kier alpha value is -2.63. The fourth-order valence-corrected chi connectivity index (χ4v) is 3.05. The normalized spacial score (nSPS) is 13.7. The molecule has 26 heavy (non-hydrogen) atoms. The highest BCUT2D eigenvalue weighted by atomic mass is 16.1. The lowest BCUT2D eigenvalue weighted by molar-refractivity contribution is 0.0952. The van der Waals surface area contributed by atoms with Crippen molar-refractivity contribution in [2.45, 2.75) is 39.0 Å². The van der Waals surface area contributed by atoms with Crippen LogP contribution in [0.4, 0.5) is 17.3 Å². The molecule has 2 aromatic rings. The smallest absolute Gasteiger partial charge is 0.254 e. The number of nitrogens with one attached hydrogen (secondary N) is 2. The van der Waals surface area contributed by atoms with E-state index in [1.54, 1.807) is 12.4 Å². The second-order valence-electron chi connectivity index (χ2n) is 6.62. The van der Waals surface area contributed by atoms with Crippen LogP contribution in [0.3, 0.4) is 0 Å². The second kappa shape index (κ2) is 9.17. The number of amides is 1. The lowest BCUT2D eigenvalue weighted by Gasteiger charge is -2.17. The molecular weight excluding hydrogens is 326 g/mol. The minimum atomic E-state index is -0.123. The first kappa shape index (κ1) is 18.2. The monoisotopic (exact) mass is 353 g/mol. The topological polar surface area (TPSA) is 70.2 Å². The third-order valence-electron chi connectivity index (χ3n) is 4.57. The fourth-order valence-electron chi connectivity index (χ4n) is 3.05. The molecule has 1 aromatic carbocycles. The molecule has 6 heteroatoms. The van der Waals surface area contributed by atoms with E-state index >= 15 is 0 Å². The van der Waals surface area contributed by atoms with Crippen LogP contribution in [0.2, 0.25) is 0 Å². The van der Waals surface area contributed by atoms with Crippen molar-refractivity contribution >= 4 is 23.2 Å². The Morgan fingerprint density at radius 1 is 1.08 bits per heavy atom. The summed E-state index contributed by atoms with van der Waals surface area (Å²) in [7, 11) is 0. The number of unbranched alkanes of at least 4 members (excludes halogenated alkanes) is 2. The lowest BCUT2D eigenvalue weighted by Crippen LogP contribution is -2.24. The van der Waals surface area contributed by atoms with Crippen molar-refractivity contribution in [3.8, 4) is 0 Å². The fraction of sp³-hybridized carbons (Fsp3) is 0.450. The summed E-state index contributed by atoms with van der Waals surface area (Å²) in [4.78, 5) is 22.9. The molecule has 1 amide bonds. The molecule has 138 valence electrons. The van der Waals surface area contributed by atoms with Gasteiger partial charge in [-0.25, -0.2) is 9.97 Å². The van der Waals surface area contributed by atoms with E-state index in [1.807, 2.05) is 12.1 Å². The van der Waals surface area contributed by atoms with Crippen LogP contribution in [-0.2, 0) is 0 Å². The van der Waals surface area contributed by atoms with E-state index in [0.717, 1.165) is 38.0 Å². The molecule has 0 aliphatic carbocycles. The zero-order valence-electron chi connectivity index (χ0n) is 15.4. The van der Waals surface area contributed by atoms with Crippen LogP contribution in [0.25, 0.3) is 0 Å². The van der Waals surface area contributed by atoms with Gasteiger partial charge in [-0.15, -0.1) is 0 Å². The van der Waals surface area contributed by atoms with Crippen LogP contribution in [0, 0.1) is 0 Å². The van der Waals surface area contributed by atoms with Crippen molar-refractivity contribution in [1.29, 1.82) is 0 Å². The van der Waals surface area contributed by atoms with Crippen LogP contribution in [0.5, 0.6) is 0 Å². The van der Waals surface area contributed by atoms with Crippen LogP contribution >= 0.6 is 0 Å². The van der Waals surface area contributed by atoms with Gasteiger partial charge in [-0.3, -0.25) is 4.79 Å². The number of benzene rings is 1. The van der Waals surface area contributed by atoms with Gasteiger partial charge in [0.2, 0.25) is 5.95 Å². The van der Waals surface area contributed by atoms with E-state index in [0.29, 0.717) is 18.1 Å². The van der Waals surface area contributed by atoms with E-state index in [9.17, 15) is 4.79 Å². The minimum absolute atomic E-state index is 0.123. The van der Waals surface area contributed by atoms with Gasteiger partial charge in [0.15, 0.2) is 0 Å². The molecule has 0 bridgehead atoms. The van der Waals surface area contributed by atoms with Gasteiger partial charge >= 0.3 is 0 Å². The van der Waals surface area contributed by atoms with Gasteiger partial charge < -0.3 is 15.5 Å². The van der Waals surface area contributed by atoms with Gasteiger partial charge in [-0.2, -0.15) is 0 Å². The second-order valence-corrected chi connectivity index (χ2v) is 6.62. The Morgan fingerprint density at radius 2 is 1.77 bits per heavy atom. The number of carbonyl (C=O) groups is 1. The Kier molecular flexibility index (Phi) is 6.41. The Labute approximate surface area is 155 Å². The molecule has 1 aromatic heterocycles. The molecule has 1 saturated heterocycles. The number of rotatable bonds is 8. The van der Waals surface area contributed by atoms with E-state index in [4.69, 9.17) is 0 Å². The molecule has 3 rings (SSSR count). The van der Waals surface area contributed by atoms with Gasteiger partial charge in [-0.05, 0) is 43.5 Å². The van der Waals surface area contributed by atoms with E-state index in [-0.39, 0.29) is 5.91 Å². The highest BCUT2D eigenvalue weighted by Gasteiger charge is 2.12. The molecule has 0 radical (unpaired) electrons. The summed E-state index contributed by atoms with van der Waals surface area (Å²) >= 11 is 0. The molecule has 6 nitrogen and oxygen atoms in total. The summed E-state index contributed by atoms with van der Waals surface area (Å²) in [6.07, 6.45) is 8.91. The van der Waals surface area contributed by atoms with Crippen molar-refractivity contribution in [1.82, 2.24) is 15.3 Å². The molecule has 2 N–H and O–H groups in total. The van der Waals surface area contributed by atoms with E-state index in [1.165, 1.54) is 18.5 Å². The first-order chi connectivity index (χ1) is 12.8. The number of aromatic nitrogens is 2. The predicted octanol–water partition coefficient (Wildman–Crippen LogP) is 3.74. The highest BCUT2D eigenvalue weighted by molar-refractivity contribution is 5.93. The lowest BCUT2D eigenvalue weighted by atomic mass is 10.2. The summed E-state index contributed by atoms with van der Waals surface area (Å²) in [6.45, 7) is 5.10. The predicted molar refractivity (Wildman–Crippen MR) is 105 cm³/mol. The third-order valence-corrected chi connectivity index (χ3v) is 4.57. The van der Waals surface area contributed by atoms with Gasteiger partial charge in [0, 0.05) is 43.4 Å². The zero-order valence-corrected chi connectivity index (χ0v) is 15.4. The molecular formula is C20H27N5O. The Bertz CT molecular complexity index is 693. The zero-order chi connectivity index (χ0) is 18.2. The third kappa shape index (κ3) is 4.94. The summed E-state index contributed by atoms with van der Waals surface area (Å²) in [6, 6.07) is 8.30. The average Bonchev–Trinajstić information content (AvgIpc) is 3.21. The van der Waals surface area contributed by atoms with E-state index in [2.05, 4.69) is 44.6 Å². The van der Waals surface area contributed by atoms with Crippen LogP contribution in [0.15, 0.2) is 36.7 Å². The molecule has 0 atom stereocenters. The Balaban J connectivity index is 1.52. The number of hydrogen-bond donors (Lipinski definition) is 2. The molecule has 1 aliphatic heterocycles. The molecule has 2 heterocycles. The van der Waals surface area contributed by atoms with Crippen molar-refractivity contribution < 1.29 is 4.79 Å². The minimum Gasteiger partial charge on any atom is -0.372 e. The number of anilines is 3. The first-order valence-electron chi connectivity index (χ1n) is 9.48. The molecule has 1 aliphatic rings. The standard InChI is InChI=1S/C20H27N5O/c1-2-3-4-11-21-19(26)16-14-22-20(23-15-16)24-17-7-9-18(10-8-17)25-12-5-6-13-25/h7-10,14-15H,2-6,11-13H2,1H3,(H,21,26)(H,22,23,24). The molecule has 0 saturated carbocycles. The summed E-state index contributed by atoms with van der Waals surface area (Å²) in [5.74, 6) is 0.365. The molecule has 0 spiro atoms. The van der Waals surface area contributed by atoms with Crippen molar-refractivity contribution in [2.75, 3.05) is 29.9 Å². The number of hydrogen-bond acceptors (Lipinski definition) is 5. The quantitative estimate of drug-likeness (QED) is 0.708. The first-order valence-corrected chi connectivity index (χ1v) is 9.48. The maximum Gasteiger partial charge on any atom is 0.254 e.